The molecule has 1 aliphatic heterocycles. The Morgan fingerprint density at radius 1 is 1.42 bits per heavy atom. The molecule has 0 bridgehead atoms. The Hall–Kier alpha value is -1.30. The molecule has 0 amide bonds. The first-order valence-electron chi connectivity index (χ1n) is 6.54. The summed E-state index contributed by atoms with van der Waals surface area (Å²) in [5, 5.41) is 3.31. The number of benzene rings is 1. The van der Waals surface area contributed by atoms with Gasteiger partial charge in [0.25, 0.3) is 0 Å². The summed E-state index contributed by atoms with van der Waals surface area (Å²) in [5.41, 5.74) is 7.24. The Kier molecular flexibility index (Phi) is 5.01. The van der Waals surface area contributed by atoms with Crippen molar-refractivity contribution in [1.29, 1.82) is 0 Å². The van der Waals surface area contributed by atoms with Gasteiger partial charge in [-0.05, 0) is 24.6 Å². The molecule has 0 aliphatic carbocycles. The summed E-state index contributed by atoms with van der Waals surface area (Å²) in [6.45, 7) is 2.50. The van der Waals surface area contributed by atoms with Crippen molar-refractivity contribution in [2.75, 3.05) is 33.9 Å². The third kappa shape index (κ3) is 3.59. The highest BCUT2D eigenvalue weighted by molar-refractivity contribution is 5.42. The molecule has 1 aromatic rings. The normalized spacial score (nSPS) is 20.9. The Morgan fingerprint density at radius 3 is 2.89 bits per heavy atom. The molecule has 1 aromatic carbocycles. The largest absolute Gasteiger partial charge is 0.497 e. The molecule has 1 fully saturated rings. The quantitative estimate of drug-likeness (QED) is 0.835. The van der Waals surface area contributed by atoms with Gasteiger partial charge in [-0.1, -0.05) is 0 Å². The molecule has 0 radical (unpaired) electrons. The minimum Gasteiger partial charge on any atom is -0.497 e. The van der Waals surface area contributed by atoms with Gasteiger partial charge >= 0.3 is 0 Å². The number of hydrogen-bond donors (Lipinski definition) is 2. The molecule has 1 heterocycles. The molecule has 2 rings (SSSR count). The van der Waals surface area contributed by atoms with Gasteiger partial charge < -0.3 is 25.3 Å². The summed E-state index contributed by atoms with van der Waals surface area (Å²) in [6.07, 6.45) is 0.913. The first-order valence-corrected chi connectivity index (χ1v) is 6.54. The summed E-state index contributed by atoms with van der Waals surface area (Å²) in [5.74, 6) is 1.58. The third-order valence-corrected chi connectivity index (χ3v) is 3.36. The van der Waals surface area contributed by atoms with Gasteiger partial charge in [0.05, 0.1) is 26.9 Å². The third-order valence-electron chi connectivity index (χ3n) is 3.36. The highest BCUT2D eigenvalue weighted by Gasteiger charge is 2.20. The van der Waals surface area contributed by atoms with Crippen LogP contribution in [0.3, 0.4) is 0 Å². The molecule has 5 heteroatoms. The van der Waals surface area contributed by atoms with Crippen LogP contribution in [-0.2, 0) is 4.74 Å². The molecule has 0 spiro atoms. The molecule has 1 aliphatic rings. The van der Waals surface area contributed by atoms with Crippen molar-refractivity contribution in [1.82, 2.24) is 5.32 Å². The van der Waals surface area contributed by atoms with Crippen LogP contribution in [0.1, 0.15) is 18.0 Å². The highest BCUT2D eigenvalue weighted by atomic mass is 16.5. The van der Waals surface area contributed by atoms with Crippen molar-refractivity contribution >= 4 is 0 Å². The summed E-state index contributed by atoms with van der Waals surface area (Å²) in [7, 11) is 3.29. The molecule has 3 N–H and O–H groups in total. The van der Waals surface area contributed by atoms with Crippen LogP contribution in [0.2, 0.25) is 0 Å². The van der Waals surface area contributed by atoms with Crippen LogP contribution < -0.4 is 20.5 Å². The summed E-state index contributed by atoms with van der Waals surface area (Å²) in [6, 6.07) is 5.55. The number of methoxy groups -OCH3 is 2. The number of morpholine rings is 1. The van der Waals surface area contributed by atoms with Crippen LogP contribution in [0.4, 0.5) is 0 Å². The summed E-state index contributed by atoms with van der Waals surface area (Å²) >= 11 is 0. The number of hydrogen-bond acceptors (Lipinski definition) is 5. The Morgan fingerprint density at radius 2 is 2.26 bits per heavy atom. The fourth-order valence-corrected chi connectivity index (χ4v) is 2.31. The molecular weight excluding hydrogens is 244 g/mol. The fraction of sp³-hybridized carbons (Fsp3) is 0.571. The Balaban J connectivity index is 2.09. The standard InChI is InChI=1S/C14H22N2O3/c1-17-10-3-4-14(18-2)12(7-10)13(15)8-11-9-16-5-6-19-11/h3-4,7,11,13,16H,5-6,8-9,15H2,1-2H3. The lowest BCUT2D eigenvalue weighted by Crippen LogP contribution is -2.40. The monoisotopic (exact) mass is 266 g/mol. The van der Waals surface area contributed by atoms with E-state index in [2.05, 4.69) is 5.32 Å². The zero-order valence-electron chi connectivity index (χ0n) is 11.5. The summed E-state index contributed by atoms with van der Waals surface area (Å²) in [4.78, 5) is 0. The van der Waals surface area contributed by atoms with Crippen molar-refractivity contribution in [2.24, 2.45) is 5.73 Å². The van der Waals surface area contributed by atoms with Gasteiger partial charge in [0.2, 0.25) is 0 Å². The number of rotatable bonds is 5. The van der Waals surface area contributed by atoms with Crippen molar-refractivity contribution < 1.29 is 14.2 Å². The zero-order valence-corrected chi connectivity index (χ0v) is 11.5. The van der Waals surface area contributed by atoms with Gasteiger partial charge in [0, 0.05) is 24.7 Å². The topological polar surface area (TPSA) is 65.7 Å². The Labute approximate surface area is 114 Å². The van der Waals surface area contributed by atoms with Gasteiger partial charge in [0.1, 0.15) is 11.5 Å². The van der Waals surface area contributed by atoms with E-state index in [1.165, 1.54) is 0 Å². The van der Waals surface area contributed by atoms with Crippen LogP contribution >= 0.6 is 0 Å². The number of ether oxygens (including phenoxy) is 3. The van der Waals surface area contributed by atoms with E-state index in [-0.39, 0.29) is 12.1 Å². The molecule has 19 heavy (non-hydrogen) atoms. The van der Waals surface area contributed by atoms with E-state index in [0.29, 0.717) is 0 Å². The van der Waals surface area contributed by atoms with Gasteiger partial charge in [-0.2, -0.15) is 0 Å². The first kappa shape index (κ1) is 14.1. The maximum atomic E-state index is 6.28. The second-order valence-corrected chi connectivity index (χ2v) is 4.65. The molecule has 2 atom stereocenters. The molecule has 5 nitrogen and oxygen atoms in total. The smallest absolute Gasteiger partial charge is 0.123 e. The SMILES string of the molecule is COc1ccc(OC)c(C(N)CC2CNCCO2)c1. The first-order chi connectivity index (χ1) is 9.24. The van der Waals surface area contributed by atoms with Crippen molar-refractivity contribution in [3.63, 3.8) is 0 Å². The maximum Gasteiger partial charge on any atom is 0.123 e. The average molecular weight is 266 g/mol. The molecule has 0 saturated carbocycles. The van der Waals surface area contributed by atoms with Crippen LogP contribution in [0.25, 0.3) is 0 Å². The van der Waals surface area contributed by atoms with Crippen LogP contribution in [0.15, 0.2) is 18.2 Å². The van der Waals surface area contributed by atoms with E-state index in [4.69, 9.17) is 19.9 Å². The average Bonchev–Trinajstić information content (AvgIpc) is 2.47. The van der Waals surface area contributed by atoms with Gasteiger partial charge in [-0.3, -0.25) is 0 Å². The van der Waals surface area contributed by atoms with E-state index >= 15 is 0 Å². The van der Waals surface area contributed by atoms with E-state index in [0.717, 1.165) is 43.2 Å². The number of nitrogens with one attached hydrogen (secondary N) is 1. The van der Waals surface area contributed by atoms with E-state index < -0.39 is 0 Å². The van der Waals surface area contributed by atoms with E-state index in [1.807, 2.05) is 18.2 Å². The van der Waals surface area contributed by atoms with Gasteiger partial charge in [-0.25, -0.2) is 0 Å². The second-order valence-electron chi connectivity index (χ2n) is 4.65. The molecule has 1 saturated heterocycles. The van der Waals surface area contributed by atoms with Gasteiger partial charge in [0.15, 0.2) is 0 Å². The van der Waals surface area contributed by atoms with Crippen molar-refractivity contribution in [2.45, 2.75) is 18.6 Å². The zero-order chi connectivity index (χ0) is 13.7. The predicted octanol–water partition coefficient (Wildman–Crippen LogP) is 1.08. The van der Waals surface area contributed by atoms with Crippen molar-refractivity contribution in [3.8, 4) is 11.5 Å². The van der Waals surface area contributed by atoms with E-state index in [9.17, 15) is 0 Å². The fourth-order valence-electron chi connectivity index (χ4n) is 2.31. The second kappa shape index (κ2) is 6.75. The minimum absolute atomic E-state index is 0.130. The van der Waals surface area contributed by atoms with Crippen LogP contribution in [-0.4, -0.2) is 40.0 Å². The lowest BCUT2D eigenvalue weighted by atomic mass is 9.99. The molecule has 106 valence electrons. The lowest BCUT2D eigenvalue weighted by Gasteiger charge is -2.26. The number of nitrogens with two attached hydrogens (primary N) is 1. The van der Waals surface area contributed by atoms with Crippen molar-refractivity contribution in [3.05, 3.63) is 23.8 Å². The Bertz CT molecular complexity index is 406. The predicted molar refractivity (Wildman–Crippen MR) is 73.7 cm³/mol. The minimum atomic E-state index is -0.130. The highest BCUT2D eigenvalue weighted by Crippen LogP contribution is 2.30. The molecule has 2 unspecified atom stereocenters. The molecular formula is C14H22N2O3. The lowest BCUT2D eigenvalue weighted by molar-refractivity contribution is 0.0194. The van der Waals surface area contributed by atoms with Crippen LogP contribution in [0, 0.1) is 0 Å². The maximum absolute atomic E-state index is 6.28. The van der Waals surface area contributed by atoms with Crippen LogP contribution in [0.5, 0.6) is 11.5 Å². The van der Waals surface area contributed by atoms with Gasteiger partial charge in [-0.15, -0.1) is 0 Å². The molecule has 0 aromatic heterocycles. The van der Waals surface area contributed by atoms with E-state index in [1.54, 1.807) is 14.2 Å². The summed E-state index contributed by atoms with van der Waals surface area (Å²) < 4.78 is 16.3.